The maximum atomic E-state index is 12.9. The number of rotatable bonds is 6. The maximum Gasteiger partial charge on any atom is 0.404 e. The second-order valence-corrected chi connectivity index (χ2v) is 9.22. The Bertz CT molecular complexity index is 1070. The number of H-pyrrole nitrogens is 1. The first-order valence-corrected chi connectivity index (χ1v) is 11.4. The predicted octanol–water partition coefficient (Wildman–Crippen LogP) is 3.81. The SMILES string of the molecule is Cc1cc(C)c(CNC(=O)c2cc(Br)cc(N[C@H]3CC[C@H](OC(N)=O)CC3)c2C)c(=O)[nH]1. The highest BCUT2D eigenvalue weighted by Gasteiger charge is 2.24. The van der Waals surface area contributed by atoms with E-state index in [2.05, 4.69) is 31.5 Å². The minimum atomic E-state index is -0.734. The van der Waals surface area contributed by atoms with Crippen molar-refractivity contribution in [3.8, 4) is 0 Å². The number of primary amides is 1. The Kier molecular flexibility index (Phi) is 7.60. The fourth-order valence-electron chi connectivity index (χ4n) is 4.14. The van der Waals surface area contributed by atoms with Crippen molar-refractivity contribution in [2.24, 2.45) is 5.73 Å². The number of anilines is 1. The highest BCUT2D eigenvalue weighted by Crippen LogP contribution is 2.29. The van der Waals surface area contributed by atoms with E-state index in [1.165, 1.54) is 0 Å². The summed E-state index contributed by atoms with van der Waals surface area (Å²) < 4.78 is 5.88. The summed E-state index contributed by atoms with van der Waals surface area (Å²) in [5.41, 5.74) is 9.33. The molecule has 0 aliphatic heterocycles. The van der Waals surface area contributed by atoms with E-state index in [1.54, 1.807) is 6.07 Å². The van der Waals surface area contributed by atoms with Gasteiger partial charge in [0.1, 0.15) is 6.10 Å². The third-order valence-electron chi connectivity index (χ3n) is 5.85. The summed E-state index contributed by atoms with van der Waals surface area (Å²) in [5, 5.41) is 6.39. The first kappa shape index (κ1) is 23.8. The molecule has 2 aromatic rings. The van der Waals surface area contributed by atoms with Crippen LogP contribution in [0.2, 0.25) is 0 Å². The molecule has 1 heterocycles. The number of aryl methyl sites for hydroxylation is 2. The lowest BCUT2D eigenvalue weighted by Gasteiger charge is -2.30. The maximum absolute atomic E-state index is 12.9. The van der Waals surface area contributed by atoms with Gasteiger partial charge in [0, 0.05) is 39.6 Å². The molecule has 172 valence electrons. The topological polar surface area (TPSA) is 126 Å². The quantitative estimate of drug-likeness (QED) is 0.475. The molecule has 3 rings (SSSR count). The number of nitrogens with two attached hydrogens (primary N) is 1. The first-order chi connectivity index (χ1) is 15.1. The molecule has 8 nitrogen and oxygen atoms in total. The molecular formula is C23H29BrN4O4. The molecule has 2 amide bonds. The Morgan fingerprint density at radius 3 is 2.47 bits per heavy atom. The number of nitrogens with one attached hydrogen (secondary N) is 3. The molecule has 0 spiro atoms. The number of carbonyl (C=O) groups is 2. The van der Waals surface area contributed by atoms with Crippen LogP contribution in [-0.4, -0.2) is 29.1 Å². The van der Waals surface area contributed by atoms with Gasteiger partial charge in [-0.1, -0.05) is 15.9 Å². The Balaban J connectivity index is 1.69. The standard InChI is InChI=1S/C23H29BrN4O4/c1-12-8-13(2)27-22(30)19(12)11-26-21(29)18-9-15(24)10-20(14(18)3)28-16-4-6-17(7-5-16)32-23(25)31/h8-10,16-17,28H,4-7,11H2,1-3H3,(H2,25,31)(H,26,29)(H,27,30)/t16-,17-. The number of amides is 2. The summed E-state index contributed by atoms with van der Waals surface area (Å²) in [6.07, 6.45) is 2.28. The van der Waals surface area contributed by atoms with Crippen molar-refractivity contribution >= 4 is 33.6 Å². The highest BCUT2D eigenvalue weighted by atomic mass is 79.9. The van der Waals surface area contributed by atoms with Gasteiger partial charge in [-0.15, -0.1) is 0 Å². The molecule has 32 heavy (non-hydrogen) atoms. The van der Waals surface area contributed by atoms with Crippen LogP contribution in [0, 0.1) is 20.8 Å². The van der Waals surface area contributed by atoms with Gasteiger partial charge in [-0.05, 0) is 75.8 Å². The van der Waals surface area contributed by atoms with E-state index >= 15 is 0 Å². The van der Waals surface area contributed by atoms with Crippen LogP contribution in [0.25, 0.3) is 0 Å². The summed E-state index contributed by atoms with van der Waals surface area (Å²) in [4.78, 5) is 38.9. The largest absolute Gasteiger partial charge is 0.446 e. The molecule has 5 N–H and O–H groups in total. The molecule has 1 aliphatic carbocycles. The molecular weight excluding hydrogens is 476 g/mol. The van der Waals surface area contributed by atoms with Gasteiger partial charge in [-0.2, -0.15) is 0 Å². The molecule has 1 saturated carbocycles. The Hall–Kier alpha value is -2.81. The van der Waals surface area contributed by atoms with E-state index in [9.17, 15) is 14.4 Å². The van der Waals surface area contributed by atoms with E-state index < -0.39 is 6.09 Å². The fourth-order valence-corrected chi connectivity index (χ4v) is 4.60. The smallest absolute Gasteiger partial charge is 0.404 e. The molecule has 1 aliphatic rings. The van der Waals surface area contributed by atoms with E-state index in [1.807, 2.05) is 32.9 Å². The van der Waals surface area contributed by atoms with Crippen LogP contribution in [0.15, 0.2) is 27.5 Å². The molecule has 0 atom stereocenters. The second-order valence-electron chi connectivity index (χ2n) is 8.31. The van der Waals surface area contributed by atoms with Crippen molar-refractivity contribution in [1.82, 2.24) is 10.3 Å². The molecule has 1 fully saturated rings. The summed E-state index contributed by atoms with van der Waals surface area (Å²) >= 11 is 3.50. The fraction of sp³-hybridized carbons (Fsp3) is 0.435. The Labute approximate surface area is 195 Å². The van der Waals surface area contributed by atoms with Crippen LogP contribution in [0.1, 0.15) is 58.4 Å². The number of pyridine rings is 1. The van der Waals surface area contributed by atoms with Crippen molar-refractivity contribution < 1.29 is 14.3 Å². The van der Waals surface area contributed by atoms with Gasteiger partial charge in [0.05, 0.1) is 0 Å². The third-order valence-corrected chi connectivity index (χ3v) is 6.31. The molecule has 0 saturated heterocycles. The number of halogens is 1. The van der Waals surface area contributed by atoms with E-state index in [0.29, 0.717) is 11.1 Å². The minimum Gasteiger partial charge on any atom is -0.446 e. The number of hydrogen-bond acceptors (Lipinski definition) is 5. The van der Waals surface area contributed by atoms with Crippen molar-refractivity contribution in [3.63, 3.8) is 0 Å². The molecule has 0 unspecified atom stereocenters. The van der Waals surface area contributed by atoms with Crippen LogP contribution in [0.3, 0.4) is 0 Å². The summed E-state index contributed by atoms with van der Waals surface area (Å²) in [7, 11) is 0. The monoisotopic (exact) mass is 504 g/mol. The molecule has 0 bridgehead atoms. The van der Waals surface area contributed by atoms with Crippen LogP contribution in [0.5, 0.6) is 0 Å². The zero-order valence-electron chi connectivity index (χ0n) is 18.5. The predicted molar refractivity (Wildman–Crippen MR) is 127 cm³/mol. The van der Waals surface area contributed by atoms with Gasteiger partial charge in [0.15, 0.2) is 0 Å². The average Bonchev–Trinajstić information content (AvgIpc) is 2.70. The van der Waals surface area contributed by atoms with Gasteiger partial charge in [0.25, 0.3) is 11.5 Å². The van der Waals surface area contributed by atoms with Gasteiger partial charge in [-0.3, -0.25) is 9.59 Å². The summed E-state index contributed by atoms with van der Waals surface area (Å²) in [6, 6.07) is 5.82. The van der Waals surface area contributed by atoms with Crippen LogP contribution >= 0.6 is 15.9 Å². The first-order valence-electron chi connectivity index (χ1n) is 10.6. The molecule has 1 aromatic heterocycles. The normalized spacial score (nSPS) is 18.1. The zero-order chi connectivity index (χ0) is 23.4. The molecule has 0 radical (unpaired) electrons. The zero-order valence-corrected chi connectivity index (χ0v) is 20.1. The number of hydrogen-bond donors (Lipinski definition) is 4. The molecule has 1 aromatic carbocycles. The molecule has 9 heteroatoms. The van der Waals surface area contributed by atoms with Crippen LogP contribution in [0.4, 0.5) is 10.5 Å². The van der Waals surface area contributed by atoms with E-state index in [4.69, 9.17) is 10.5 Å². The lowest BCUT2D eigenvalue weighted by molar-refractivity contribution is 0.0805. The number of ether oxygens (including phenoxy) is 1. The number of aromatic amines is 1. The average molecular weight is 505 g/mol. The third kappa shape index (κ3) is 5.91. The van der Waals surface area contributed by atoms with Gasteiger partial charge < -0.3 is 26.1 Å². The van der Waals surface area contributed by atoms with Gasteiger partial charge in [-0.25, -0.2) is 4.79 Å². The van der Waals surface area contributed by atoms with Crippen LogP contribution in [-0.2, 0) is 11.3 Å². The number of benzene rings is 1. The second kappa shape index (κ2) is 10.2. The Morgan fingerprint density at radius 2 is 1.84 bits per heavy atom. The van der Waals surface area contributed by atoms with Gasteiger partial charge in [0.2, 0.25) is 0 Å². The number of aromatic nitrogens is 1. The van der Waals surface area contributed by atoms with Gasteiger partial charge >= 0.3 is 6.09 Å². The van der Waals surface area contributed by atoms with Crippen molar-refractivity contribution in [2.45, 2.75) is 65.1 Å². The van der Waals surface area contributed by atoms with E-state index in [-0.39, 0.29) is 30.2 Å². The Morgan fingerprint density at radius 1 is 1.16 bits per heavy atom. The van der Waals surface area contributed by atoms with Crippen molar-refractivity contribution in [3.05, 3.63) is 61.0 Å². The van der Waals surface area contributed by atoms with Crippen LogP contribution < -0.4 is 21.9 Å². The minimum absolute atomic E-state index is 0.135. The van der Waals surface area contributed by atoms with Crippen molar-refractivity contribution in [2.75, 3.05) is 5.32 Å². The number of carbonyl (C=O) groups excluding carboxylic acids is 2. The lowest BCUT2D eigenvalue weighted by Crippen LogP contribution is -2.32. The highest BCUT2D eigenvalue weighted by molar-refractivity contribution is 9.10. The van der Waals surface area contributed by atoms with Crippen molar-refractivity contribution in [1.29, 1.82) is 0 Å². The lowest BCUT2D eigenvalue weighted by atomic mass is 9.92. The summed E-state index contributed by atoms with van der Waals surface area (Å²) in [6.45, 7) is 5.74. The van der Waals surface area contributed by atoms with E-state index in [0.717, 1.165) is 52.7 Å². The summed E-state index contributed by atoms with van der Waals surface area (Å²) in [5.74, 6) is -0.246.